The van der Waals surface area contributed by atoms with E-state index in [9.17, 15) is 14.9 Å². The molecule has 0 aliphatic carbocycles. The quantitative estimate of drug-likeness (QED) is 0.601. The van der Waals surface area contributed by atoms with Crippen LogP contribution >= 0.6 is 0 Å². The topological polar surface area (TPSA) is 76.7 Å². The summed E-state index contributed by atoms with van der Waals surface area (Å²) in [4.78, 5) is 23.4. The molecule has 0 saturated carbocycles. The number of anilines is 1. The number of nitro benzene ring substituents is 1. The molecule has 2 aromatic rings. The number of carbonyl (C=O) groups excluding carboxylic acids is 1. The third-order valence-electron chi connectivity index (χ3n) is 3.79. The van der Waals surface area contributed by atoms with Crippen molar-refractivity contribution in [1.29, 1.82) is 0 Å². The van der Waals surface area contributed by atoms with Gasteiger partial charge in [-0.15, -0.1) is 0 Å². The lowest BCUT2D eigenvalue weighted by molar-refractivity contribution is -0.885. The number of aryl methyl sites for hydroxylation is 1. The number of nitrogens with zero attached hydrogens (tertiary/aromatic N) is 1. The summed E-state index contributed by atoms with van der Waals surface area (Å²) in [6, 6.07) is 14.2. The van der Waals surface area contributed by atoms with Crippen molar-refractivity contribution in [3.05, 3.63) is 69.8 Å². The van der Waals surface area contributed by atoms with Crippen LogP contribution < -0.4 is 10.2 Å². The molecule has 0 aromatic heterocycles. The Balaban J connectivity index is 1.90. The van der Waals surface area contributed by atoms with Crippen LogP contribution in [-0.2, 0) is 17.8 Å². The molecule has 0 radical (unpaired) electrons. The Labute approximate surface area is 141 Å². The SMILES string of the molecule is CCc1ccccc1NC(=O)C[NH+](C)Cc1ccc([N+](=O)[O-])cc1. The molecule has 24 heavy (non-hydrogen) atoms. The number of non-ortho nitro benzene ring substituents is 1. The summed E-state index contributed by atoms with van der Waals surface area (Å²) in [7, 11) is 1.92. The lowest BCUT2D eigenvalue weighted by Crippen LogP contribution is -3.08. The second-order valence-corrected chi connectivity index (χ2v) is 5.79. The van der Waals surface area contributed by atoms with Gasteiger partial charge in [0.15, 0.2) is 6.54 Å². The maximum atomic E-state index is 12.2. The van der Waals surface area contributed by atoms with Crippen LogP contribution in [0.15, 0.2) is 48.5 Å². The van der Waals surface area contributed by atoms with Crippen LogP contribution in [0.25, 0.3) is 0 Å². The molecule has 6 heteroatoms. The van der Waals surface area contributed by atoms with Crippen molar-refractivity contribution >= 4 is 17.3 Å². The number of benzene rings is 2. The number of likely N-dealkylation sites (N-methyl/N-ethyl adjacent to an activating group) is 1. The Kier molecular flexibility index (Phi) is 6.03. The molecule has 126 valence electrons. The molecule has 1 amide bonds. The maximum Gasteiger partial charge on any atom is 0.279 e. The summed E-state index contributed by atoms with van der Waals surface area (Å²) in [6.07, 6.45) is 0.863. The van der Waals surface area contributed by atoms with Gasteiger partial charge in [0.05, 0.1) is 12.0 Å². The van der Waals surface area contributed by atoms with Gasteiger partial charge in [-0.05, 0) is 30.2 Å². The van der Waals surface area contributed by atoms with E-state index >= 15 is 0 Å². The van der Waals surface area contributed by atoms with E-state index in [1.54, 1.807) is 12.1 Å². The van der Waals surface area contributed by atoms with Gasteiger partial charge in [0.1, 0.15) is 6.54 Å². The van der Waals surface area contributed by atoms with Gasteiger partial charge in [0, 0.05) is 23.4 Å². The smallest absolute Gasteiger partial charge is 0.279 e. The number of hydrogen-bond donors (Lipinski definition) is 2. The fraction of sp³-hybridized carbons (Fsp3) is 0.278. The lowest BCUT2D eigenvalue weighted by atomic mass is 10.1. The monoisotopic (exact) mass is 328 g/mol. The molecule has 0 saturated heterocycles. The first-order valence-electron chi connectivity index (χ1n) is 7.92. The number of quaternary nitrogens is 1. The molecule has 2 aromatic carbocycles. The van der Waals surface area contributed by atoms with E-state index in [0.29, 0.717) is 13.1 Å². The van der Waals surface area contributed by atoms with Gasteiger partial charge in [-0.1, -0.05) is 25.1 Å². The van der Waals surface area contributed by atoms with Gasteiger partial charge >= 0.3 is 0 Å². The number of rotatable bonds is 7. The van der Waals surface area contributed by atoms with E-state index in [0.717, 1.165) is 28.1 Å². The van der Waals surface area contributed by atoms with Gasteiger partial charge in [-0.25, -0.2) is 0 Å². The van der Waals surface area contributed by atoms with Crippen LogP contribution in [0.1, 0.15) is 18.1 Å². The zero-order valence-corrected chi connectivity index (χ0v) is 13.9. The van der Waals surface area contributed by atoms with Crippen molar-refractivity contribution in [2.45, 2.75) is 19.9 Å². The Morgan fingerprint density at radius 2 is 1.83 bits per heavy atom. The van der Waals surface area contributed by atoms with Crippen molar-refractivity contribution < 1.29 is 14.6 Å². The summed E-state index contributed by atoms with van der Waals surface area (Å²) in [5.41, 5.74) is 3.00. The van der Waals surface area contributed by atoms with Gasteiger partial charge in [0.2, 0.25) is 0 Å². The number of amides is 1. The largest absolute Gasteiger partial charge is 0.326 e. The molecule has 0 bridgehead atoms. The highest BCUT2D eigenvalue weighted by molar-refractivity contribution is 5.92. The summed E-state index contributed by atoms with van der Waals surface area (Å²) in [5, 5.41) is 13.6. The second kappa shape index (κ2) is 8.21. The molecular weight excluding hydrogens is 306 g/mol. The Morgan fingerprint density at radius 3 is 2.46 bits per heavy atom. The average molecular weight is 328 g/mol. The second-order valence-electron chi connectivity index (χ2n) is 5.79. The number of nitro groups is 1. The fourth-order valence-corrected chi connectivity index (χ4v) is 2.57. The minimum absolute atomic E-state index is 0.0460. The van der Waals surface area contributed by atoms with E-state index in [1.165, 1.54) is 12.1 Å². The number of para-hydroxylation sites is 1. The number of carbonyl (C=O) groups is 1. The van der Waals surface area contributed by atoms with Gasteiger partial charge in [-0.2, -0.15) is 0 Å². The van der Waals surface area contributed by atoms with Crippen molar-refractivity contribution in [3.63, 3.8) is 0 Å². The first kappa shape index (κ1) is 17.6. The van der Waals surface area contributed by atoms with Crippen LogP contribution in [-0.4, -0.2) is 24.4 Å². The van der Waals surface area contributed by atoms with Gasteiger partial charge in [-0.3, -0.25) is 14.9 Å². The predicted octanol–water partition coefficient (Wildman–Crippen LogP) is 1.81. The zero-order valence-electron chi connectivity index (χ0n) is 13.9. The third-order valence-corrected chi connectivity index (χ3v) is 3.79. The molecule has 1 atom stereocenters. The Hall–Kier alpha value is -2.73. The van der Waals surface area contributed by atoms with Crippen LogP contribution in [0.4, 0.5) is 11.4 Å². The van der Waals surface area contributed by atoms with Crippen molar-refractivity contribution in [1.82, 2.24) is 0 Å². The fourth-order valence-electron chi connectivity index (χ4n) is 2.57. The van der Waals surface area contributed by atoms with Crippen molar-refractivity contribution in [2.24, 2.45) is 0 Å². The lowest BCUT2D eigenvalue weighted by Gasteiger charge is -2.15. The molecule has 1 unspecified atom stereocenters. The number of hydrogen-bond acceptors (Lipinski definition) is 3. The highest BCUT2D eigenvalue weighted by Crippen LogP contribution is 2.15. The van der Waals surface area contributed by atoms with Crippen molar-refractivity contribution in [3.8, 4) is 0 Å². The predicted molar refractivity (Wildman–Crippen MR) is 93.0 cm³/mol. The molecule has 0 heterocycles. The minimum atomic E-state index is -0.418. The van der Waals surface area contributed by atoms with Crippen LogP contribution in [0, 0.1) is 10.1 Å². The highest BCUT2D eigenvalue weighted by atomic mass is 16.6. The minimum Gasteiger partial charge on any atom is -0.326 e. The first-order chi connectivity index (χ1) is 11.5. The van der Waals surface area contributed by atoms with Crippen LogP contribution in [0.2, 0.25) is 0 Å². The molecule has 0 spiro atoms. The van der Waals surface area contributed by atoms with E-state index < -0.39 is 4.92 Å². The van der Waals surface area contributed by atoms with Gasteiger partial charge in [0.25, 0.3) is 11.6 Å². The normalized spacial score (nSPS) is 11.8. The van der Waals surface area contributed by atoms with Crippen molar-refractivity contribution in [2.75, 3.05) is 18.9 Å². The Bertz CT molecular complexity index is 714. The summed E-state index contributed by atoms with van der Waals surface area (Å²) in [5.74, 6) is -0.0460. The average Bonchev–Trinajstić information content (AvgIpc) is 2.55. The summed E-state index contributed by atoms with van der Waals surface area (Å²) < 4.78 is 0. The van der Waals surface area contributed by atoms with E-state index in [-0.39, 0.29) is 11.6 Å². The first-order valence-corrected chi connectivity index (χ1v) is 7.92. The molecule has 0 aliphatic heterocycles. The standard InChI is InChI=1S/C18H21N3O3/c1-3-15-6-4-5-7-17(15)19-18(22)13-20(2)12-14-8-10-16(11-9-14)21(23)24/h4-11H,3,12-13H2,1-2H3,(H,19,22)/p+1. The van der Waals surface area contributed by atoms with Gasteiger partial charge < -0.3 is 10.2 Å². The maximum absolute atomic E-state index is 12.2. The molecule has 2 N–H and O–H groups in total. The number of nitrogens with one attached hydrogen (secondary N) is 2. The van der Waals surface area contributed by atoms with Crippen LogP contribution in [0.3, 0.4) is 0 Å². The van der Waals surface area contributed by atoms with E-state index in [4.69, 9.17) is 0 Å². The van der Waals surface area contributed by atoms with E-state index in [1.807, 2.05) is 31.3 Å². The van der Waals surface area contributed by atoms with Crippen LogP contribution in [0.5, 0.6) is 0 Å². The zero-order chi connectivity index (χ0) is 17.5. The summed E-state index contributed by atoms with van der Waals surface area (Å²) in [6.45, 7) is 3.01. The molecular formula is C18H22N3O3+. The molecule has 2 rings (SSSR count). The summed E-state index contributed by atoms with van der Waals surface area (Å²) >= 11 is 0. The molecule has 0 aliphatic rings. The highest BCUT2D eigenvalue weighted by Gasteiger charge is 2.13. The van der Waals surface area contributed by atoms with E-state index in [2.05, 4.69) is 12.2 Å². The third kappa shape index (κ3) is 4.89. The molecule has 6 nitrogen and oxygen atoms in total. The Morgan fingerprint density at radius 1 is 1.17 bits per heavy atom. The molecule has 0 fully saturated rings.